The maximum atomic E-state index is 12.6. The highest BCUT2D eigenvalue weighted by Gasteiger charge is 2.28. The van der Waals surface area contributed by atoms with Crippen LogP contribution in [-0.2, 0) is 11.3 Å². The molecule has 0 unspecified atom stereocenters. The van der Waals surface area contributed by atoms with Crippen molar-refractivity contribution in [1.82, 2.24) is 19.4 Å². The predicted octanol–water partition coefficient (Wildman–Crippen LogP) is 3.18. The molecule has 4 rings (SSSR count). The normalized spacial score (nSPS) is 20.3. The minimum absolute atomic E-state index is 0.299. The maximum Gasteiger partial charge on any atom is 0.232 e. The van der Waals surface area contributed by atoms with E-state index in [0.717, 1.165) is 50.0 Å². The van der Waals surface area contributed by atoms with Crippen molar-refractivity contribution in [2.45, 2.75) is 38.1 Å². The molecule has 2 aliphatic rings. The average Bonchev–Trinajstić information content (AvgIpc) is 3.39. The Bertz CT molecular complexity index is 728. The molecule has 26 heavy (non-hydrogen) atoms. The number of imidazole rings is 1. The third kappa shape index (κ3) is 4.47. The van der Waals surface area contributed by atoms with Crippen LogP contribution in [0, 0.1) is 5.92 Å². The van der Waals surface area contributed by atoms with E-state index in [4.69, 9.17) is 0 Å². The van der Waals surface area contributed by atoms with Gasteiger partial charge in [0.1, 0.15) is 5.82 Å². The van der Waals surface area contributed by atoms with Crippen molar-refractivity contribution >= 4 is 17.7 Å². The molecule has 0 aromatic carbocycles. The van der Waals surface area contributed by atoms with Gasteiger partial charge in [0.2, 0.25) is 5.91 Å². The largest absolute Gasteiger partial charge is 0.341 e. The zero-order valence-corrected chi connectivity index (χ0v) is 15.9. The fourth-order valence-electron chi connectivity index (χ4n) is 3.60. The number of hydrogen-bond acceptors (Lipinski definition) is 4. The number of hydrogen-bond donors (Lipinski definition) is 0. The number of amides is 1. The molecule has 5 nitrogen and oxygen atoms in total. The molecule has 1 saturated heterocycles. The van der Waals surface area contributed by atoms with Gasteiger partial charge in [0.25, 0.3) is 0 Å². The zero-order chi connectivity index (χ0) is 17.8. The molecule has 1 aliphatic carbocycles. The third-order valence-corrected chi connectivity index (χ3v) is 6.42. The van der Waals surface area contributed by atoms with E-state index in [1.165, 1.54) is 18.4 Å². The monoisotopic (exact) mass is 370 g/mol. The molecule has 1 amide bonds. The first-order valence-electron chi connectivity index (χ1n) is 9.55. The van der Waals surface area contributed by atoms with Crippen molar-refractivity contribution < 1.29 is 4.79 Å². The van der Waals surface area contributed by atoms with Gasteiger partial charge in [0.15, 0.2) is 0 Å². The summed E-state index contributed by atoms with van der Waals surface area (Å²) >= 11 is 1.81. The number of pyridine rings is 1. The first-order valence-corrected chi connectivity index (χ1v) is 10.7. The molecule has 0 radical (unpaired) electrons. The molecule has 1 saturated carbocycles. The van der Waals surface area contributed by atoms with Gasteiger partial charge in [-0.2, -0.15) is 11.8 Å². The van der Waals surface area contributed by atoms with Gasteiger partial charge in [-0.25, -0.2) is 4.98 Å². The fourth-order valence-corrected chi connectivity index (χ4v) is 4.74. The summed E-state index contributed by atoms with van der Waals surface area (Å²) in [4.78, 5) is 23.3. The number of carbonyl (C=O) groups is 1. The Labute approximate surface area is 159 Å². The van der Waals surface area contributed by atoms with Gasteiger partial charge >= 0.3 is 0 Å². The van der Waals surface area contributed by atoms with E-state index in [-0.39, 0.29) is 0 Å². The lowest BCUT2D eigenvalue weighted by molar-refractivity contribution is -0.129. The third-order valence-electron chi connectivity index (χ3n) is 5.27. The smallest absolute Gasteiger partial charge is 0.232 e. The minimum Gasteiger partial charge on any atom is -0.341 e. The van der Waals surface area contributed by atoms with Gasteiger partial charge in [0, 0.05) is 50.3 Å². The molecule has 1 aliphatic heterocycles. The Morgan fingerprint density at radius 2 is 2.04 bits per heavy atom. The maximum absolute atomic E-state index is 12.6. The highest BCUT2D eigenvalue weighted by atomic mass is 32.2. The number of thioether (sulfide) groups is 1. The number of nitrogens with zero attached hydrogens (tertiary/aromatic N) is 4. The molecule has 0 spiro atoms. The second-order valence-electron chi connectivity index (χ2n) is 7.41. The Morgan fingerprint density at radius 3 is 2.85 bits per heavy atom. The average molecular weight is 371 g/mol. The summed E-state index contributed by atoms with van der Waals surface area (Å²) < 4.78 is 2.22. The lowest BCUT2D eigenvalue weighted by Crippen LogP contribution is -2.40. The van der Waals surface area contributed by atoms with Crippen LogP contribution >= 0.6 is 11.8 Å². The molecule has 2 aromatic rings. The predicted molar refractivity (Wildman–Crippen MR) is 104 cm³/mol. The quantitative estimate of drug-likeness (QED) is 0.751. The molecule has 0 bridgehead atoms. The van der Waals surface area contributed by atoms with Crippen LogP contribution in [0.1, 0.15) is 43.0 Å². The second-order valence-corrected chi connectivity index (χ2v) is 8.44. The Morgan fingerprint density at radius 1 is 1.19 bits per heavy atom. The highest BCUT2D eigenvalue weighted by molar-refractivity contribution is 7.99. The molecule has 2 fully saturated rings. The summed E-state index contributed by atoms with van der Waals surface area (Å²) in [7, 11) is 0. The van der Waals surface area contributed by atoms with E-state index in [0.29, 0.717) is 17.6 Å². The topological polar surface area (TPSA) is 51.0 Å². The van der Waals surface area contributed by atoms with Crippen LogP contribution in [0.2, 0.25) is 0 Å². The molecular formula is C20H26N4OS. The van der Waals surface area contributed by atoms with Crippen LogP contribution in [-0.4, -0.2) is 49.9 Å². The van der Waals surface area contributed by atoms with Gasteiger partial charge in [-0.3, -0.25) is 9.78 Å². The lowest BCUT2D eigenvalue weighted by atomic mass is 9.97. The molecule has 2 aromatic heterocycles. The number of rotatable bonds is 7. The van der Waals surface area contributed by atoms with Crippen molar-refractivity contribution in [3.8, 4) is 0 Å². The van der Waals surface area contributed by atoms with E-state index in [2.05, 4.69) is 19.4 Å². The molecule has 3 heterocycles. The van der Waals surface area contributed by atoms with Crippen molar-refractivity contribution in [3.05, 3.63) is 48.3 Å². The first kappa shape index (κ1) is 17.6. The van der Waals surface area contributed by atoms with E-state index in [9.17, 15) is 4.79 Å². The standard InChI is InChI=1S/C20H26N4OS/c25-19(15-26-14-17-3-4-17)23-10-1-2-18(13-23)20-22-9-11-24(20)12-16-5-7-21-8-6-16/h5-9,11,17-18H,1-4,10,12-15H2/t18-/m1/s1. The number of likely N-dealkylation sites (tertiary alicyclic amines) is 1. The number of piperidine rings is 1. The van der Waals surface area contributed by atoms with Gasteiger partial charge in [-0.05, 0) is 55.1 Å². The van der Waals surface area contributed by atoms with Crippen molar-refractivity contribution in [2.75, 3.05) is 24.6 Å². The summed E-state index contributed by atoms with van der Waals surface area (Å²) in [5.74, 6) is 4.40. The van der Waals surface area contributed by atoms with Crippen LogP contribution in [0.3, 0.4) is 0 Å². The summed E-state index contributed by atoms with van der Waals surface area (Å²) in [5, 5.41) is 0. The van der Waals surface area contributed by atoms with Gasteiger partial charge in [-0.15, -0.1) is 0 Å². The van der Waals surface area contributed by atoms with Crippen LogP contribution in [0.4, 0.5) is 0 Å². The van der Waals surface area contributed by atoms with E-state index < -0.39 is 0 Å². The van der Waals surface area contributed by atoms with Crippen molar-refractivity contribution in [2.24, 2.45) is 5.92 Å². The van der Waals surface area contributed by atoms with Gasteiger partial charge < -0.3 is 9.47 Å². The first-order chi connectivity index (χ1) is 12.8. The summed E-state index contributed by atoms with van der Waals surface area (Å²) in [6.45, 7) is 2.50. The second kappa shape index (κ2) is 8.25. The lowest BCUT2D eigenvalue weighted by Gasteiger charge is -2.32. The van der Waals surface area contributed by atoms with Crippen molar-refractivity contribution in [3.63, 3.8) is 0 Å². The Balaban J connectivity index is 1.36. The molecule has 0 N–H and O–H groups in total. The van der Waals surface area contributed by atoms with Crippen molar-refractivity contribution in [1.29, 1.82) is 0 Å². The molecule has 1 atom stereocenters. The summed E-state index contributed by atoms with van der Waals surface area (Å²) in [6.07, 6.45) is 12.4. The number of aromatic nitrogens is 3. The summed E-state index contributed by atoms with van der Waals surface area (Å²) in [6, 6.07) is 4.08. The number of carbonyl (C=O) groups excluding carboxylic acids is 1. The van der Waals surface area contributed by atoms with E-state index in [1.807, 2.05) is 48.7 Å². The molecule has 138 valence electrons. The highest BCUT2D eigenvalue weighted by Crippen LogP contribution is 2.32. The van der Waals surface area contributed by atoms with E-state index in [1.54, 1.807) is 0 Å². The van der Waals surface area contributed by atoms with Crippen LogP contribution < -0.4 is 0 Å². The molecular weight excluding hydrogens is 344 g/mol. The Kier molecular flexibility index (Phi) is 5.58. The minimum atomic E-state index is 0.299. The van der Waals surface area contributed by atoms with Crippen LogP contribution in [0.15, 0.2) is 36.9 Å². The summed E-state index contributed by atoms with van der Waals surface area (Å²) in [5.41, 5.74) is 1.22. The van der Waals surface area contributed by atoms with E-state index >= 15 is 0 Å². The van der Waals surface area contributed by atoms with Gasteiger partial charge in [0.05, 0.1) is 5.75 Å². The van der Waals surface area contributed by atoms with Crippen LogP contribution in [0.5, 0.6) is 0 Å². The zero-order valence-electron chi connectivity index (χ0n) is 15.1. The molecule has 6 heteroatoms. The van der Waals surface area contributed by atoms with Crippen LogP contribution in [0.25, 0.3) is 0 Å². The SMILES string of the molecule is O=C(CSCC1CC1)N1CCC[C@@H](c2nccn2Cc2ccncc2)C1. The van der Waals surface area contributed by atoms with Gasteiger partial charge in [-0.1, -0.05) is 0 Å². The Hall–Kier alpha value is -1.82. The fraction of sp³-hybridized carbons (Fsp3) is 0.550.